The molecule has 0 amide bonds. The van der Waals surface area contributed by atoms with Crippen molar-refractivity contribution in [3.8, 4) is 0 Å². The van der Waals surface area contributed by atoms with Crippen LogP contribution >= 0.6 is 0 Å². The highest BCUT2D eigenvalue weighted by Crippen LogP contribution is 2.12. The molecular formula is C22H39N. The molecule has 0 saturated heterocycles. The molecule has 0 radical (unpaired) electrons. The average Bonchev–Trinajstić information content (AvgIpc) is 2.60. The van der Waals surface area contributed by atoms with Crippen molar-refractivity contribution in [2.24, 2.45) is 0 Å². The second-order valence-corrected chi connectivity index (χ2v) is 6.80. The first kappa shape index (κ1) is 20.2. The summed E-state index contributed by atoms with van der Waals surface area (Å²) in [6.07, 6.45) is 15.5. The van der Waals surface area contributed by atoms with E-state index in [1.807, 2.05) is 0 Å². The van der Waals surface area contributed by atoms with E-state index in [1.165, 1.54) is 95.8 Å². The summed E-state index contributed by atoms with van der Waals surface area (Å²) in [5, 5.41) is 0. The van der Waals surface area contributed by atoms with E-state index in [-0.39, 0.29) is 0 Å². The quantitative estimate of drug-likeness (QED) is 0.335. The van der Waals surface area contributed by atoms with Gasteiger partial charge in [-0.05, 0) is 44.5 Å². The summed E-state index contributed by atoms with van der Waals surface area (Å²) in [5.74, 6) is 0. The highest BCUT2D eigenvalue weighted by molar-refractivity contribution is 5.14. The highest BCUT2D eigenvalue weighted by Gasteiger charge is 1.98. The van der Waals surface area contributed by atoms with Gasteiger partial charge in [-0.3, -0.25) is 0 Å². The van der Waals surface area contributed by atoms with Crippen molar-refractivity contribution in [2.75, 3.05) is 19.6 Å². The van der Waals surface area contributed by atoms with Gasteiger partial charge in [0.2, 0.25) is 0 Å². The molecule has 1 rings (SSSR count). The third-order valence-corrected chi connectivity index (χ3v) is 4.93. The Morgan fingerprint density at radius 3 is 1.61 bits per heavy atom. The van der Waals surface area contributed by atoms with Crippen LogP contribution in [0.15, 0.2) is 30.3 Å². The minimum Gasteiger partial charge on any atom is -0.304 e. The molecular weight excluding hydrogens is 278 g/mol. The Morgan fingerprint density at radius 2 is 1.09 bits per heavy atom. The molecule has 0 aliphatic rings. The third kappa shape index (κ3) is 11.4. The predicted octanol–water partition coefficient (Wildman–Crippen LogP) is 6.47. The molecule has 0 N–H and O–H groups in total. The molecule has 0 unspecified atom stereocenters. The minimum absolute atomic E-state index is 1.21. The van der Waals surface area contributed by atoms with E-state index in [2.05, 4.69) is 49.1 Å². The number of rotatable bonds is 15. The van der Waals surface area contributed by atoms with Crippen LogP contribution in [0.1, 0.15) is 83.6 Å². The fourth-order valence-corrected chi connectivity index (χ4v) is 3.26. The zero-order valence-corrected chi connectivity index (χ0v) is 15.7. The molecule has 0 fully saturated rings. The molecule has 1 nitrogen and oxygen atoms in total. The molecule has 1 heteroatoms. The van der Waals surface area contributed by atoms with E-state index in [4.69, 9.17) is 0 Å². The van der Waals surface area contributed by atoms with E-state index in [0.29, 0.717) is 0 Å². The van der Waals surface area contributed by atoms with Gasteiger partial charge in [0.15, 0.2) is 0 Å². The number of benzene rings is 1. The van der Waals surface area contributed by atoms with Crippen molar-refractivity contribution in [1.82, 2.24) is 4.90 Å². The average molecular weight is 318 g/mol. The van der Waals surface area contributed by atoms with Crippen LogP contribution in [-0.4, -0.2) is 24.5 Å². The zero-order valence-electron chi connectivity index (χ0n) is 15.7. The second-order valence-electron chi connectivity index (χ2n) is 6.80. The monoisotopic (exact) mass is 317 g/mol. The van der Waals surface area contributed by atoms with E-state index in [9.17, 15) is 0 Å². The van der Waals surface area contributed by atoms with Gasteiger partial charge in [-0.2, -0.15) is 0 Å². The number of hydrogen-bond donors (Lipinski definition) is 0. The summed E-state index contributed by atoms with van der Waals surface area (Å²) in [6.45, 7) is 8.25. The van der Waals surface area contributed by atoms with Gasteiger partial charge < -0.3 is 4.90 Å². The van der Waals surface area contributed by atoms with Gasteiger partial charge in [0.05, 0.1) is 0 Å². The molecule has 0 aromatic heterocycles. The summed E-state index contributed by atoms with van der Waals surface area (Å²) in [7, 11) is 0. The lowest BCUT2D eigenvalue weighted by molar-refractivity contribution is 0.295. The minimum atomic E-state index is 1.21. The van der Waals surface area contributed by atoms with Crippen LogP contribution in [0, 0.1) is 0 Å². The standard InChI is InChI=1S/C22H39N/c1-3-23(4-2)21-17-12-10-8-6-5-7-9-11-14-18-22-19-15-13-16-20-22/h13,15-16,19-20H,3-12,14,17-18,21H2,1-2H3. The first-order valence-corrected chi connectivity index (χ1v) is 10.1. The van der Waals surface area contributed by atoms with Crippen molar-refractivity contribution in [3.63, 3.8) is 0 Å². The molecule has 1 aromatic carbocycles. The van der Waals surface area contributed by atoms with Crippen LogP contribution in [0.3, 0.4) is 0 Å². The fraction of sp³-hybridized carbons (Fsp3) is 0.727. The van der Waals surface area contributed by atoms with Gasteiger partial charge >= 0.3 is 0 Å². The van der Waals surface area contributed by atoms with Gasteiger partial charge in [0.1, 0.15) is 0 Å². The Kier molecular flexibility index (Phi) is 13.0. The van der Waals surface area contributed by atoms with E-state index in [0.717, 1.165) is 0 Å². The first-order chi connectivity index (χ1) is 11.4. The maximum absolute atomic E-state index is 2.54. The molecule has 0 spiro atoms. The summed E-state index contributed by atoms with van der Waals surface area (Å²) in [6, 6.07) is 10.9. The lowest BCUT2D eigenvalue weighted by Crippen LogP contribution is -2.23. The lowest BCUT2D eigenvalue weighted by atomic mass is 10.0. The molecule has 0 saturated carbocycles. The number of unbranched alkanes of at least 4 members (excludes halogenated alkanes) is 9. The van der Waals surface area contributed by atoms with Crippen LogP contribution < -0.4 is 0 Å². The number of nitrogens with zero attached hydrogens (tertiary/aromatic N) is 1. The summed E-state index contributed by atoms with van der Waals surface area (Å²) in [5.41, 5.74) is 1.50. The molecule has 1 aromatic rings. The summed E-state index contributed by atoms with van der Waals surface area (Å²) >= 11 is 0. The van der Waals surface area contributed by atoms with Gasteiger partial charge in [-0.1, -0.05) is 95.5 Å². The predicted molar refractivity (Wildman–Crippen MR) is 104 cm³/mol. The van der Waals surface area contributed by atoms with Crippen LogP contribution in [0.4, 0.5) is 0 Å². The van der Waals surface area contributed by atoms with Gasteiger partial charge in [-0.15, -0.1) is 0 Å². The van der Waals surface area contributed by atoms with Gasteiger partial charge in [0.25, 0.3) is 0 Å². The van der Waals surface area contributed by atoms with Crippen molar-refractivity contribution in [1.29, 1.82) is 0 Å². The largest absolute Gasteiger partial charge is 0.304 e. The lowest BCUT2D eigenvalue weighted by Gasteiger charge is -2.17. The van der Waals surface area contributed by atoms with Crippen LogP contribution in [0.25, 0.3) is 0 Å². The highest BCUT2D eigenvalue weighted by atomic mass is 15.1. The van der Waals surface area contributed by atoms with Crippen LogP contribution in [0.2, 0.25) is 0 Å². The van der Waals surface area contributed by atoms with Crippen LogP contribution in [0.5, 0.6) is 0 Å². The molecule has 0 atom stereocenters. The summed E-state index contributed by atoms with van der Waals surface area (Å²) < 4.78 is 0. The maximum Gasteiger partial charge on any atom is -0.00190 e. The van der Waals surface area contributed by atoms with Crippen molar-refractivity contribution >= 4 is 0 Å². The Bertz CT molecular complexity index is 342. The topological polar surface area (TPSA) is 3.24 Å². The fourth-order valence-electron chi connectivity index (χ4n) is 3.26. The van der Waals surface area contributed by atoms with Gasteiger partial charge in [-0.25, -0.2) is 0 Å². The van der Waals surface area contributed by atoms with E-state index < -0.39 is 0 Å². The van der Waals surface area contributed by atoms with Crippen LogP contribution in [-0.2, 0) is 6.42 Å². The van der Waals surface area contributed by atoms with Crippen molar-refractivity contribution in [3.05, 3.63) is 35.9 Å². The molecule has 132 valence electrons. The maximum atomic E-state index is 2.54. The smallest absolute Gasteiger partial charge is 0.00190 e. The molecule has 0 aliphatic carbocycles. The molecule has 0 bridgehead atoms. The Labute approximate surface area is 145 Å². The van der Waals surface area contributed by atoms with Gasteiger partial charge in [0, 0.05) is 0 Å². The van der Waals surface area contributed by atoms with Crippen molar-refractivity contribution < 1.29 is 0 Å². The Balaban J connectivity index is 1.78. The molecule has 0 aliphatic heterocycles. The number of aryl methyl sites for hydroxylation is 1. The van der Waals surface area contributed by atoms with Crippen molar-refractivity contribution in [2.45, 2.75) is 84.5 Å². The molecule has 23 heavy (non-hydrogen) atoms. The Hall–Kier alpha value is -0.820. The summed E-state index contributed by atoms with van der Waals surface area (Å²) in [4.78, 5) is 2.54. The number of hydrogen-bond acceptors (Lipinski definition) is 1. The van der Waals surface area contributed by atoms with E-state index in [1.54, 1.807) is 0 Å². The van der Waals surface area contributed by atoms with E-state index >= 15 is 0 Å². The SMILES string of the molecule is CCN(CC)CCCCCCCCCCCCc1ccccc1. The molecule has 0 heterocycles. The zero-order chi connectivity index (χ0) is 16.6. The second kappa shape index (κ2) is 14.8. The third-order valence-electron chi connectivity index (χ3n) is 4.93. The normalized spacial score (nSPS) is 11.3. The first-order valence-electron chi connectivity index (χ1n) is 10.1. The Morgan fingerprint density at radius 1 is 0.609 bits per heavy atom.